The number of carbonyl (C=O) groups excluding carboxylic acids is 1. The Labute approximate surface area is 169 Å². The first-order chi connectivity index (χ1) is 14.0. The summed E-state index contributed by atoms with van der Waals surface area (Å²) in [5.74, 6) is -1.21. The first-order valence-corrected chi connectivity index (χ1v) is 9.68. The molecule has 5 heteroatoms. The smallest absolute Gasteiger partial charge is 0.244 e. The molecule has 148 valence electrons. The summed E-state index contributed by atoms with van der Waals surface area (Å²) in [5, 5.41) is 0. The van der Waals surface area contributed by atoms with Crippen LogP contribution in [0.15, 0.2) is 72.8 Å². The van der Waals surface area contributed by atoms with Crippen LogP contribution in [0, 0.1) is 11.6 Å². The zero-order valence-corrected chi connectivity index (χ0v) is 16.2. The SMILES string of the molecule is CC1C(=O)N(c2ccccc2-c2ccccc2)CCN1Cc1ccc(F)cc1F. The lowest BCUT2D eigenvalue weighted by Gasteiger charge is -2.39. The van der Waals surface area contributed by atoms with Gasteiger partial charge in [0, 0.05) is 36.8 Å². The summed E-state index contributed by atoms with van der Waals surface area (Å²) in [6.45, 7) is 3.22. The monoisotopic (exact) mass is 392 g/mol. The Bertz CT molecular complexity index is 1020. The molecule has 0 aromatic heterocycles. The molecule has 3 aromatic rings. The van der Waals surface area contributed by atoms with Gasteiger partial charge in [0.15, 0.2) is 0 Å². The molecular formula is C24H22F2N2O. The molecule has 0 N–H and O–H groups in total. The molecule has 3 nitrogen and oxygen atoms in total. The fourth-order valence-electron chi connectivity index (χ4n) is 3.81. The minimum Gasteiger partial charge on any atom is -0.309 e. The fourth-order valence-corrected chi connectivity index (χ4v) is 3.81. The van der Waals surface area contributed by atoms with Crippen LogP contribution in [0.2, 0.25) is 0 Å². The zero-order valence-electron chi connectivity index (χ0n) is 16.2. The molecule has 0 spiro atoms. The molecular weight excluding hydrogens is 370 g/mol. The summed E-state index contributed by atoms with van der Waals surface area (Å²) in [7, 11) is 0. The Morgan fingerprint density at radius 1 is 0.931 bits per heavy atom. The van der Waals surface area contributed by atoms with E-state index in [0.29, 0.717) is 18.7 Å². The number of hydrogen-bond donors (Lipinski definition) is 0. The van der Waals surface area contributed by atoms with Gasteiger partial charge < -0.3 is 4.90 Å². The fraction of sp³-hybridized carbons (Fsp3) is 0.208. The lowest BCUT2D eigenvalue weighted by molar-refractivity contribution is -0.125. The predicted molar refractivity (Wildman–Crippen MR) is 110 cm³/mol. The summed E-state index contributed by atoms with van der Waals surface area (Å²) < 4.78 is 27.2. The van der Waals surface area contributed by atoms with Crippen molar-refractivity contribution in [3.63, 3.8) is 0 Å². The van der Waals surface area contributed by atoms with E-state index < -0.39 is 17.7 Å². The van der Waals surface area contributed by atoms with E-state index in [1.165, 1.54) is 12.1 Å². The Morgan fingerprint density at radius 2 is 1.66 bits per heavy atom. The van der Waals surface area contributed by atoms with Gasteiger partial charge in [-0.3, -0.25) is 9.69 Å². The molecule has 1 atom stereocenters. The lowest BCUT2D eigenvalue weighted by atomic mass is 10.0. The lowest BCUT2D eigenvalue weighted by Crippen LogP contribution is -2.55. The molecule has 1 aliphatic heterocycles. The minimum absolute atomic E-state index is 0.0258. The Kier molecular flexibility index (Phi) is 5.41. The Hall–Kier alpha value is -3.05. The van der Waals surface area contributed by atoms with Crippen LogP contribution in [-0.4, -0.2) is 29.9 Å². The zero-order chi connectivity index (χ0) is 20.4. The first-order valence-electron chi connectivity index (χ1n) is 9.68. The van der Waals surface area contributed by atoms with E-state index in [1.807, 2.05) is 71.3 Å². The van der Waals surface area contributed by atoms with Gasteiger partial charge in [-0.25, -0.2) is 8.78 Å². The van der Waals surface area contributed by atoms with Gasteiger partial charge in [-0.2, -0.15) is 0 Å². The number of nitrogens with zero attached hydrogens (tertiary/aromatic N) is 2. The van der Waals surface area contributed by atoms with E-state index in [-0.39, 0.29) is 12.5 Å². The first kappa shape index (κ1) is 19.3. The average Bonchev–Trinajstić information content (AvgIpc) is 2.74. The number of carbonyl (C=O) groups is 1. The highest BCUT2D eigenvalue weighted by molar-refractivity contribution is 6.01. The predicted octanol–water partition coefficient (Wildman–Crippen LogP) is 4.87. The molecule has 1 heterocycles. The van der Waals surface area contributed by atoms with Crippen molar-refractivity contribution in [1.82, 2.24) is 4.90 Å². The standard InChI is InChI=1S/C24H22F2N2O/c1-17-24(29)28(14-13-27(17)16-19-11-12-20(25)15-22(19)26)23-10-6-5-9-21(23)18-7-3-2-4-8-18/h2-12,15,17H,13-14,16H2,1H3. The molecule has 1 unspecified atom stereocenters. The van der Waals surface area contributed by atoms with Crippen molar-refractivity contribution < 1.29 is 13.6 Å². The van der Waals surface area contributed by atoms with Crippen molar-refractivity contribution in [2.24, 2.45) is 0 Å². The van der Waals surface area contributed by atoms with E-state index in [1.54, 1.807) is 0 Å². The third kappa shape index (κ3) is 3.91. The van der Waals surface area contributed by atoms with Gasteiger partial charge in [-0.05, 0) is 24.6 Å². The normalized spacial score (nSPS) is 17.6. The molecule has 3 aromatic carbocycles. The maximum absolute atomic E-state index is 14.0. The number of piperazine rings is 1. The number of benzene rings is 3. The molecule has 1 saturated heterocycles. The van der Waals surface area contributed by atoms with Crippen molar-refractivity contribution in [2.45, 2.75) is 19.5 Å². The Morgan fingerprint density at radius 3 is 2.41 bits per heavy atom. The summed E-state index contributed by atoms with van der Waals surface area (Å²) in [4.78, 5) is 16.9. The van der Waals surface area contributed by atoms with Gasteiger partial charge in [0.25, 0.3) is 0 Å². The van der Waals surface area contributed by atoms with Crippen LogP contribution in [0.4, 0.5) is 14.5 Å². The van der Waals surface area contributed by atoms with Gasteiger partial charge >= 0.3 is 0 Å². The van der Waals surface area contributed by atoms with Crippen molar-refractivity contribution in [3.8, 4) is 11.1 Å². The second kappa shape index (κ2) is 8.13. The van der Waals surface area contributed by atoms with E-state index in [4.69, 9.17) is 0 Å². The van der Waals surface area contributed by atoms with E-state index in [2.05, 4.69) is 0 Å². The van der Waals surface area contributed by atoms with Gasteiger partial charge in [0.1, 0.15) is 11.6 Å². The highest BCUT2D eigenvalue weighted by Gasteiger charge is 2.33. The molecule has 1 aliphatic rings. The number of anilines is 1. The van der Waals surface area contributed by atoms with Gasteiger partial charge in [-0.15, -0.1) is 0 Å². The largest absolute Gasteiger partial charge is 0.309 e. The number of halogens is 2. The number of rotatable bonds is 4. The van der Waals surface area contributed by atoms with E-state index in [9.17, 15) is 13.6 Å². The van der Waals surface area contributed by atoms with Crippen molar-refractivity contribution in [3.05, 3.63) is 90.0 Å². The molecule has 0 saturated carbocycles. The summed E-state index contributed by atoms with van der Waals surface area (Å²) in [5.41, 5.74) is 3.33. The highest BCUT2D eigenvalue weighted by Crippen LogP contribution is 2.32. The van der Waals surface area contributed by atoms with Gasteiger partial charge in [0.05, 0.1) is 11.7 Å². The molecule has 0 bridgehead atoms. The highest BCUT2D eigenvalue weighted by atomic mass is 19.1. The van der Waals surface area contributed by atoms with Crippen LogP contribution in [0.5, 0.6) is 0 Å². The topological polar surface area (TPSA) is 23.6 Å². The molecule has 29 heavy (non-hydrogen) atoms. The summed E-state index contributed by atoms with van der Waals surface area (Å²) in [6.07, 6.45) is 0. The van der Waals surface area contributed by atoms with E-state index in [0.717, 1.165) is 22.9 Å². The summed E-state index contributed by atoms with van der Waals surface area (Å²) >= 11 is 0. The van der Waals surface area contributed by atoms with Crippen LogP contribution >= 0.6 is 0 Å². The number of para-hydroxylation sites is 1. The van der Waals surface area contributed by atoms with Crippen LogP contribution in [-0.2, 0) is 11.3 Å². The second-order valence-electron chi connectivity index (χ2n) is 7.26. The quantitative estimate of drug-likeness (QED) is 0.633. The molecule has 1 amide bonds. The number of amides is 1. The number of hydrogen-bond acceptors (Lipinski definition) is 2. The average molecular weight is 392 g/mol. The minimum atomic E-state index is -0.599. The van der Waals surface area contributed by atoms with Gasteiger partial charge in [-0.1, -0.05) is 54.6 Å². The van der Waals surface area contributed by atoms with Crippen molar-refractivity contribution >= 4 is 11.6 Å². The Balaban J connectivity index is 1.57. The van der Waals surface area contributed by atoms with Crippen LogP contribution in [0.25, 0.3) is 11.1 Å². The van der Waals surface area contributed by atoms with Crippen LogP contribution in [0.1, 0.15) is 12.5 Å². The van der Waals surface area contributed by atoms with Crippen molar-refractivity contribution in [1.29, 1.82) is 0 Å². The molecule has 0 radical (unpaired) electrons. The van der Waals surface area contributed by atoms with Crippen molar-refractivity contribution in [2.75, 3.05) is 18.0 Å². The molecule has 1 fully saturated rings. The third-order valence-electron chi connectivity index (χ3n) is 5.45. The summed E-state index contributed by atoms with van der Waals surface area (Å²) in [6, 6.07) is 21.0. The van der Waals surface area contributed by atoms with E-state index >= 15 is 0 Å². The maximum Gasteiger partial charge on any atom is 0.244 e. The maximum atomic E-state index is 14.0. The van der Waals surface area contributed by atoms with Crippen LogP contribution in [0.3, 0.4) is 0 Å². The van der Waals surface area contributed by atoms with Gasteiger partial charge in [0.2, 0.25) is 5.91 Å². The second-order valence-corrected chi connectivity index (χ2v) is 7.26. The third-order valence-corrected chi connectivity index (χ3v) is 5.45. The van der Waals surface area contributed by atoms with Crippen LogP contribution < -0.4 is 4.90 Å². The molecule has 0 aliphatic carbocycles. The molecule has 4 rings (SSSR count).